The number of hydrogen-bond acceptors (Lipinski definition) is 6. The number of carbonyl (C=O) groups excluding carboxylic acids is 2. The highest BCUT2D eigenvalue weighted by Gasteiger charge is 2.26. The smallest absolute Gasteiger partial charge is 0.265 e. The first-order chi connectivity index (χ1) is 14.0. The van der Waals surface area contributed by atoms with Gasteiger partial charge in [0.05, 0.1) is 11.9 Å². The summed E-state index contributed by atoms with van der Waals surface area (Å²) in [5.41, 5.74) is 5.96. The number of aromatic nitrogens is 2. The fourth-order valence-corrected chi connectivity index (χ4v) is 3.97. The van der Waals surface area contributed by atoms with Gasteiger partial charge in [-0.2, -0.15) is 5.10 Å². The second kappa shape index (κ2) is 7.88. The minimum atomic E-state index is -0.389. The number of ether oxygens (including phenoxy) is 1. The van der Waals surface area contributed by atoms with E-state index in [1.165, 1.54) is 4.90 Å². The zero-order valence-electron chi connectivity index (χ0n) is 16.0. The number of carbonyl (C=O) groups is 2. The number of hydrogen-bond donors (Lipinski definition) is 1. The van der Waals surface area contributed by atoms with Gasteiger partial charge in [0.25, 0.3) is 11.8 Å². The summed E-state index contributed by atoms with van der Waals surface area (Å²) in [5, 5.41) is 6.87. The van der Waals surface area contributed by atoms with Gasteiger partial charge in [0, 0.05) is 28.5 Å². The van der Waals surface area contributed by atoms with Gasteiger partial charge in [0.15, 0.2) is 11.7 Å². The molecule has 0 fully saturated rings. The number of nitrogens with one attached hydrogen (secondary N) is 1. The van der Waals surface area contributed by atoms with E-state index in [2.05, 4.69) is 15.5 Å². The minimum Gasteiger partial charge on any atom is -0.482 e. The van der Waals surface area contributed by atoms with Crippen molar-refractivity contribution in [2.45, 2.75) is 13.8 Å². The van der Waals surface area contributed by atoms with E-state index >= 15 is 0 Å². The average Bonchev–Trinajstić information content (AvgIpc) is 3.32. The second-order valence-electron chi connectivity index (χ2n) is 6.51. The van der Waals surface area contributed by atoms with E-state index in [4.69, 9.17) is 4.74 Å². The van der Waals surface area contributed by atoms with Crippen LogP contribution in [-0.2, 0) is 9.59 Å². The molecule has 9 heteroatoms. The van der Waals surface area contributed by atoms with Crippen molar-refractivity contribution in [3.8, 4) is 10.9 Å². The first-order valence-electron chi connectivity index (χ1n) is 8.97. The van der Waals surface area contributed by atoms with Crippen LogP contribution >= 0.6 is 11.3 Å². The highest BCUT2D eigenvalue weighted by Crippen LogP contribution is 2.31. The zero-order valence-corrected chi connectivity index (χ0v) is 16.8. The van der Waals surface area contributed by atoms with Crippen molar-refractivity contribution < 1.29 is 14.3 Å². The van der Waals surface area contributed by atoms with Crippen molar-refractivity contribution in [3.05, 3.63) is 58.9 Å². The van der Waals surface area contributed by atoms with Gasteiger partial charge in [-0.15, -0.1) is 11.3 Å². The predicted molar refractivity (Wildman–Crippen MR) is 111 cm³/mol. The number of hydrazone groups is 1. The molecule has 0 bridgehead atoms. The topological polar surface area (TPSA) is 88.8 Å². The van der Waals surface area contributed by atoms with Crippen LogP contribution in [0, 0.1) is 13.8 Å². The number of rotatable bonds is 5. The van der Waals surface area contributed by atoms with E-state index in [1.807, 2.05) is 35.9 Å². The number of aryl methyl sites for hydroxylation is 1. The Balaban J connectivity index is 1.44. The quantitative estimate of drug-likeness (QED) is 0.518. The molecular formula is C20H19N5O3S. The number of fused-ring (bicyclic) bond motifs is 1. The molecule has 1 N–H and O–H groups in total. The van der Waals surface area contributed by atoms with Crippen LogP contribution in [0.1, 0.15) is 17.0 Å². The number of benzene rings is 1. The summed E-state index contributed by atoms with van der Waals surface area (Å²) in [4.78, 5) is 30.2. The first kappa shape index (κ1) is 18.9. The van der Waals surface area contributed by atoms with Crippen molar-refractivity contribution in [2.24, 2.45) is 5.10 Å². The lowest BCUT2D eigenvalue weighted by Crippen LogP contribution is -2.44. The molecule has 148 valence electrons. The van der Waals surface area contributed by atoms with Crippen LogP contribution in [0.3, 0.4) is 0 Å². The standard InChI is InChI=1S/C20H19N5O3S/c1-13-9-15(14(2)25(13)20-21-7-8-29-20)10-22-23-18(26)11-24-16-5-3-4-6-17(16)28-12-19(24)27/h3-10H,11-12H2,1-2H3,(H,23,26)/b22-10-. The molecule has 29 heavy (non-hydrogen) atoms. The molecule has 3 aromatic rings. The Bertz CT molecular complexity index is 1090. The fourth-order valence-electron chi connectivity index (χ4n) is 3.22. The van der Waals surface area contributed by atoms with Crippen LogP contribution in [0.4, 0.5) is 5.69 Å². The second-order valence-corrected chi connectivity index (χ2v) is 7.38. The lowest BCUT2D eigenvalue weighted by molar-refractivity contribution is -0.125. The normalized spacial score (nSPS) is 13.4. The maximum atomic E-state index is 12.3. The molecular weight excluding hydrogens is 390 g/mol. The van der Waals surface area contributed by atoms with Gasteiger partial charge in [-0.05, 0) is 32.0 Å². The molecule has 1 aliphatic heterocycles. The third-order valence-electron chi connectivity index (χ3n) is 4.58. The van der Waals surface area contributed by atoms with Crippen LogP contribution in [0.15, 0.2) is 47.0 Å². The minimum absolute atomic E-state index is 0.0870. The molecule has 0 spiro atoms. The molecule has 8 nitrogen and oxygen atoms in total. The Labute approximate surface area is 171 Å². The van der Waals surface area contributed by atoms with Crippen molar-refractivity contribution in [1.29, 1.82) is 0 Å². The van der Waals surface area contributed by atoms with Crippen molar-refractivity contribution in [2.75, 3.05) is 18.1 Å². The average molecular weight is 409 g/mol. The van der Waals surface area contributed by atoms with E-state index in [0.29, 0.717) is 11.4 Å². The molecule has 4 rings (SSSR count). The van der Waals surface area contributed by atoms with Gasteiger partial charge in [0.1, 0.15) is 12.3 Å². The lowest BCUT2D eigenvalue weighted by atomic mass is 10.2. The van der Waals surface area contributed by atoms with Gasteiger partial charge >= 0.3 is 0 Å². The van der Waals surface area contributed by atoms with Crippen LogP contribution in [0.25, 0.3) is 5.13 Å². The number of anilines is 1. The van der Waals surface area contributed by atoms with Crippen LogP contribution in [-0.4, -0.2) is 40.7 Å². The molecule has 2 aromatic heterocycles. The predicted octanol–water partition coefficient (Wildman–Crippen LogP) is 2.43. The van der Waals surface area contributed by atoms with Crippen LogP contribution in [0.5, 0.6) is 5.75 Å². The number of thiazole rings is 1. The van der Waals surface area contributed by atoms with E-state index in [1.54, 1.807) is 41.9 Å². The van der Waals surface area contributed by atoms with Crippen molar-refractivity contribution in [1.82, 2.24) is 15.0 Å². The van der Waals surface area contributed by atoms with Crippen molar-refractivity contribution in [3.63, 3.8) is 0 Å². The molecule has 0 saturated carbocycles. The third kappa shape index (κ3) is 3.77. The van der Waals surface area contributed by atoms with E-state index in [9.17, 15) is 9.59 Å². The zero-order chi connectivity index (χ0) is 20.4. The molecule has 1 aliphatic rings. The molecule has 0 aliphatic carbocycles. The SMILES string of the molecule is Cc1cc(/C=N\NC(=O)CN2C(=O)COc3ccccc32)c(C)n1-c1nccs1. The fraction of sp³-hybridized carbons (Fsp3) is 0.200. The summed E-state index contributed by atoms with van der Waals surface area (Å²) in [7, 11) is 0. The molecule has 0 radical (unpaired) electrons. The number of nitrogens with zero attached hydrogens (tertiary/aromatic N) is 4. The number of para-hydroxylation sites is 2. The molecule has 2 amide bonds. The summed E-state index contributed by atoms with van der Waals surface area (Å²) in [6.07, 6.45) is 3.36. The Hall–Kier alpha value is -3.46. The Kier molecular flexibility index (Phi) is 5.13. The highest BCUT2D eigenvalue weighted by atomic mass is 32.1. The van der Waals surface area contributed by atoms with E-state index in [-0.39, 0.29) is 25.0 Å². The van der Waals surface area contributed by atoms with Gasteiger partial charge < -0.3 is 4.74 Å². The molecule has 1 aromatic carbocycles. The van der Waals surface area contributed by atoms with Crippen LogP contribution < -0.4 is 15.1 Å². The largest absolute Gasteiger partial charge is 0.482 e. The summed E-state index contributed by atoms with van der Waals surface area (Å²) in [6, 6.07) is 9.11. The molecule has 0 atom stereocenters. The third-order valence-corrected chi connectivity index (χ3v) is 5.34. The van der Waals surface area contributed by atoms with Gasteiger partial charge in [-0.3, -0.25) is 19.1 Å². The summed E-state index contributed by atoms with van der Waals surface area (Å²) in [5.74, 6) is -0.0760. The Morgan fingerprint density at radius 2 is 2.21 bits per heavy atom. The van der Waals surface area contributed by atoms with Gasteiger partial charge in [0.2, 0.25) is 0 Å². The maximum absolute atomic E-state index is 12.3. The molecule has 0 saturated heterocycles. The lowest BCUT2D eigenvalue weighted by Gasteiger charge is -2.28. The Morgan fingerprint density at radius 3 is 3.00 bits per heavy atom. The van der Waals surface area contributed by atoms with E-state index in [0.717, 1.165) is 22.1 Å². The van der Waals surface area contributed by atoms with Gasteiger partial charge in [-0.1, -0.05) is 12.1 Å². The molecule has 0 unspecified atom stereocenters. The summed E-state index contributed by atoms with van der Waals surface area (Å²) >= 11 is 1.55. The van der Waals surface area contributed by atoms with E-state index < -0.39 is 0 Å². The van der Waals surface area contributed by atoms with Crippen molar-refractivity contribution >= 4 is 35.1 Å². The summed E-state index contributed by atoms with van der Waals surface area (Å²) in [6.45, 7) is 3.75. The first-order valence-corrected chi connectivity index (χ1v) is 9.85. The number of amides is 2. The summed E-state index contributed by atoms with van der Waals surface area (Å²) < 4.78 is 7.42. The maximum Gasteiger partial charge on any atom is 0.265 e. The highest BCUT2D eigenvalue weighted by molar-refractivity contribution is 7.12. The molecule has 3 heterocycles. The Morgan fingerprint density at radius 1 is 1.38 bits per heavy atom. The monoisotopic (exact) mass is 409 g/mol. The van der Waals surface area contributed by atoms with Gasteiger partial charge in [-0.25, -0.2) is 10.4 Å². The van der Waals surface area contributed by atoms with Crippen LogP contribution in [0.2, 0.25) is 0 Å².